The maximum Gasteiger partial charge on any atom is 0.417 e. The zero-order valence-electron chi connectivity index (χ0n) is 12.2. The first-order valence-electron chi connectivity index (χ1n) is 7.02. The number of ketones is 1. The normalized spacial score (nSPS) is 13.5. The molecule has 2 heterocycles. The van der Waals surface area contributed by atoms with Gasteiger partial charge in [0.15, 0.2) is 5.78 Å². The van der Waals surface area contributed by atoms with Crippen molar-refractivity contribution in [2.45, 2.75) is 19.1 Å². The highest BCUT2D eigenvalue weighted by Crippen LogP contribution is 2.30. The van der Waals surface area contributed by atoms with E-state index in [0.29, 0.717) is 41.2 Å². The van der Waals surface area contributed by atoms with E-state index in [2.05, 4.69) is 0 Å². The van der Waals surface area contributed by atoms with Gasteiger partial charge in [0.2, 0.25) is 0 Å². The number of ether oxygens (including phenoxy) is 1. The standard InChI is InChI=1S/C16H11ClF3NO3/c17-12-6-11(16(18,19)20)7-21(15(12)23)8-13(22)9-1-2-14-10(5-9)3-4-24-14/h1-2,5-7H,3-4,8H2. The van der Waals surface area contributed by atoms with Gasteiger partial charge >= 0.3 is 6.18 Å². The highest BCUT2D eigenvalue weighted by Gasteiger charge is 2.32. The van der Waals surface area contributed by atoms with Crippen molar-refractivity contribution in [2.75, 3.05) is 6.61 Å². The average molecular weight is 358 g/mol. The molecule has 4 nitrogen and oxygen atoms in total. The number of rotatable bonds is 3. The third-order valence-corrected chi connectivity index (χ3v) is 3.97. The summed E-state index contributed by atoms with van der Waals surface area (Å²) >= 11 is 5.57. The molecule has 1 aliphatic heterocycles. The summed E-state index contributed by atoms with van der Waals surface area (Å²) in [5.74, 6) is 0.202. The lowest BCUT2D eigenvalue weighted by Crippen LogP contribution is -2.26. The molecule has 0 bridgehead atoms. The summed E-state index contributed by atoms with van der Waals surface area (Å²) in [6.45, 7) is -0.00219. The SMILES string of the molecule is O=C(Cn1cc(C(F)(F)F)cc(Cl)c1=O)c1ccc2c(c1)CCO2. The Morgan fingerprint density at radius 1 is 1.29 bits per heavy atom. The van der Waals surface area contributed by atoms with Crippen molar-refractivity contribution >= 4 is 17.4 Å². The molecule has 1 aromatic heterocycles. The lowest BCUT2D eigenvalue weighted by molar-refractivity contribution is -0.138. The lowest BCUT2D eigenvalue weighted by Gasteiger charge is -2.11. The smallest absolute Gasteiger partial charge is 0.417 e. The molecular formula is C16H11ClF3NO3. The lowest BCUT2D eigenvalue weighted by atomic mass is 10.1. The van der Waals surface area contributed by atoms with Crippen molar-refractivity contribution in [2.24, 2.45) is 0 Å². The predicted octanol–water partition coefficient (Wildman–Crippen LogP) is 3.34. The first-order chi connectivity index (χ1) is 11.3. The van der Waals surface area contributed by atoms with Crippen LogP contribution in [0.15, 0.2) is 35.3 Å². The van der Waals surface area contributed by atoms with E-state index >= 15 is 0 Å². The molecule has 0 saturated heterocycles. The second-order valence-corrected chi connectivity index (χ2v) is 5.76. The third kappa shape index (κ3) is 3.17. The minimum Gasteiger partial charge on any atom is -0.493 e. The Bertz CT molecular complexity index is 874. The van der Waals surface area contributed by atoms with Gasteiger partial charge in [0.05, 0.1) is 18.7 Å². The first kappa shape index (κ1) is 16.6. The number of hydrogen-bond donors (Lipinski definition) is 0. The van der Waals surface area contributed by atoms with Crippen LogP contribution in [0.5, 0.6) is 5.75 Å². The average Bonchev–Trinajstić information content (AvgIpc) is 2.97. The van der Waals surface area contributed by atoms with Crippen LogP contribution in [0.25, 0.3) is 0 Å². The summed E-state index contributed by atoms with van der Waals surface area (Å²) < 4.78 is 44.5. The van der Waals surface area contributed by atoms with Gasteiger partial charge in [0, 0.05) is 18.2 Å². The minimum atomic E-state index is -4.66. The van der Waals surface area contributed by atoms with Crippen LogP contribution in [0.1, 0.15) is 21.5 Å². The molecule has 0 atom stereocenters. The van der Waals surface area contributed by atoms with E-state index in [-0.39, 0.29) is 0 Å². The Hall–Kier alpha value is -2.28. The number of nitrogens with zero attached hydrogens (tertiary/aromatic N) is 1. The summed E-state index contributed by atoms with van der Waals surface area (Å²) in [7, 11) is 0. The van der Waals surface area contributed by atoms with Crippen LogP contribution in [0.3, 0.4) is 0 Å². The van der Waals surface area contributed by atoms with Crippen LogP contribution < -0.4 is 10.3 Å². The highest BCUT2D eigenvalue weighted by atomic mass is 35.5. The molecule has 1 aliphatic rings. The molecule has 0 N–H and O–H groups in total. The first-order valence-corrected chi connectivity index (χ1v) is 7.39. The number of benzene rings is 1. The van der Waals surface area contributed by atoms with Gasteiger partial charge in [0.1, 0.15) is 10.8 Å². The van der Waals surface area contributed by atoms with Gasteiger partial charge in [-0.1, -0.05) is 11.6 Å². The minimum absolute atomic E-state index is 0.305. The Labute approximate surface area is 139 Å². The zero-order chi connectivity index (χ0) is 17.5. The number of alkyl halides is 3. The largest absolute Gasteiger partial charge is 0.493 e. The van der Waals surface area contributed by atoms with Gasteiger partial charge in [0.25, 0.3) is 5.56 Å². The van der Waals surface area contributed by atoms with E-state index in [0.717, 1.165) is 5.56 Å². The van der Waals surface area contributed by atoms with Crippen molar-refractivity contribution < 1.29 is 22.7 Å². The summed E-state index contributed by atoms with van der Waals surface area (Å²) in [5, 5.41) is -0.583. The number of halogens is 4. The van der Waals surface area contributed by atoms with Gasteiger partial charge < -0.3 is 9.30 Å². The van der Waals surface area contributed by atoms with E-state index < -0.39 is 34.6 Å². The van der Waals surface area contributed by atoms with Gasteiger partial charge in [-0.3, -0.25) is 9.59 Å². The van der Waals surface area contributed by atoms with Crippen LogP contribution in [-0.2, 0) is 19.1 Å². The molecule has 0 amide bonds. The van der Waals surface area contributed by atoms with Crippen LogP contribution in [-0.4, -0.2) is 17.0 Å². The number of carbonyl (C=O) groups is 1. The van der Waals surface area contributed by atoms with Crippen LogP contribution >= 0.6 is 11.6 Å². The van der Waals surface area contributed by atoms with Crippen molar-refractivity contribution in [3.8, 4) is 5.75 Å². The van der Waals surface area contributed by atoms with Gasteiger partial charge in [-0.15, -0.1) is 0 Å². The number of hydrogen-bond acceptors (Lipinski definition) is 3. The molecule has 126 valence electrons. The molecule has 2 aromatic rings. The summed E-state index contributed by atoms with van der Waals surface area (Å²) in [4.78, 5) is 24.2. The van der Waals surface area contributed by atoms with E-state index in [1.54, 1.807) is 12.1 Å². The van der Waals surface area contributed by atoms with E-state index in [4.69, 9.17) is 16.3 Å². The van der Waals surface area contributed by atoms with Crippen LogP contribution in [0.4, 0.5) is 13.2 Å². The predicted molar refractivity (Wildman–Crippen MR) is 80.7 cm³/mol. The molecule has 24 heavy (non-hydrogen) atoms. The number of fused-ring (bicyclic) bond motifs is 1. The van der Waals surface area contributed by atoms with E-state index in [1.807, 2.05) is 0 Å². The van der Waals surface area contributed by atoms with E-state index in [9.17, 15) is 22.8 Å². The molecule has 1 aromatic carbocycles. The van der Waals surface area contributed by atoms with Gasteiger partial charge in [-0.25, -0.2) is 0 Å². The maximum atomic E-state index is 12.8. The second-order valence-electron chi connectivity index (χ2n) is 5.35. The quantitative estimate of drug-likeness (QED) is 0.792. The second kappa shape index (κ2) is 5.98. The summed E-state index contributed by atoms with van der Waals surface area (Å²) in [5.41, 5.74) is -0.764. The molecule has 0 spiro atoms. The number of aromatic nitrogens is 1. The van der Waals surface area contributed by atoms with Crippen LogP contribution in [0, 0.1) is 0 Å². The fourth-order valence-electron chi connectivity index (χ4n) is 2.48. The zero-order valence-corrected chi connectivity index (χ0v) is 12.9. The summed E-state index contributed by atoms with van der Waals surface area (Å²) in [6.07, 6.45) is -3.40. The molecule has 8 heteroatoms. The van der Waals surface area contributed by atoms with Crippen molar-refractivity contribution in [1.29, 1.82) is 0 Å². The van der Waals surface area contributed by atoms with E-state index in [1.165, 1.54) is 6.07 Å². The Kier molecular flexibility index (Phi) is 4.13. The highest BCUT2D eigenvalue weighted by molar-refractivity contribution is 6.30. The number of Topliss-reactive ketones (excluding diaryl/α,β-unsaturated/α-hetero) is 1. The molecule has 0 radical (unpaired) electrons. The monoisotopic (exact) mass is 357 g/mol. The van der Waals surface area contributed by atoms with Gasteiger partial charge in [-0.05, 0) is 29.8 Å². The van der Waals surface area contributed by atoms with Crippen molar-refractivity contribution in [1.82, 2.24) is 4.57 Å². The van der Waals surface area contributed by atoms with Gasteiger partial charge in [-0.2, -0.15) is 13.2 Å². The Morgan fingerprint density at radius 3 is 2.75 bits per heavy atom. The number of pyridine rings is 1. The van der Waals surface area contributed by atoms with Crippen LogP contribution in [0.2, 0.25) is 5.02 Å². The topological polar surface area (TPSA) is 48.3 Å². The molecule has 0 unspecified atom stereocenters. The molecule has 0 aliphatic carbocycles. The van der Waals surface area contributed by atoms with Crippen molar-refractivity contribution in [3.63, 3.8) is 0 Å². The summed E-state index contributed by atoms with van der Waals surface area (Å²) in [6, 6.07) is 5.34. The molecule has 0 fully saturated rings. The fourth-order valence-corrected chi connectivity index (χ4v) is 2.70. The Balaban J connectivity index is 1.92. The fraction of sp³-hybridized carbons (Fsp3) is 0.250. The number of carbonyl (C=O) groups excluding carboxylic acids is 1. The molecule has 0 saturated carbocycles. The Morgan fingerprint density at radius 2 is 2.04 bits per heavy atom. The maximum absolute atomic E-state index is 12.8. The van der Waals surface area contributed by atoms with Crippen molar-refractivity contribution in [3.05, 3.63) is 62.5 Å². The third-order valence-electron chi connectivity index (χ3n) is 3.70. The molecular weight excluding hydrogens is 347 g/mol. The molecule has 3 rings (SSSR count).